The fraction of sp³-hybridized carbons (Fsp3) is 0.353. The third kappa shape index (κ3) is 3.23. The van der Waals surface area contributed by atoms with Crippen molar-refractivity contribution in [3.05, 3.63) is 48.1 Å². The Hall–Kier alpha value is -3.31. The number of carbonyl (C=O) groups is 1. The molecule has 0 spiro atoms. The number of likely N-dealkylation sites (tertiary alicyclic amines) is 1. The molecule has 1 amide bonds. The van der Waals surface area contributed by atoms with E-state index < -0.39 is 42.2 Å². The molecule has 3 heterocycles. The van der Waals surface area contributed by atoms with Crippen LogP contribution >= 0.6 is 0 Å². The highest BCUT2D eigenvalue weighted by Crippen LogP contribution is 2.47. The molecule has 29 heavy (non-hydrogen) atoms. The van der Waals surface area contributed by atoms with E-state index in [1.807, 2.05) is 0 Å². The molecule has 2 aromatic heterocycles. The maximum absolute atomic E-state index is 14.1. The molecule has 0 radical (unpaired) electrons. The number of rotatable bonds is 3. The van der Waals surface area contributed by atoms with Crippen molar-refractivity contribution >= 4 is 5.91 Å². The van der Waals surface area contributed by atoms with E-state index in [1.54, 1.807) is 7.05 Å². The van der Waals surface area contributed by atoms with Gasteiger partial charge in [-0.3, -0.25) is 9.48 Å². The van der Waals surface area contributed by atoms with E-state index >= 15 is 0 Å². The molecule has 3 aromatic rings. The van der Waals surface area contributed by atoms with Gasteiger partial charge in [-0.2, -0.15) is 18.2 Å². The Morgan fingerprint density at radius 3 is 2.76 bits per heavy atom. The number of hydrogen-bond donors (Lipinski definition) is 0. The van der Waals surface area contributed by atoms with E-state index in [9.17, 15) is 22.4 Å². The smallest absolute Gasteiger partial charge is 0.338 e. The Balaban J connectivity index is 1.66. The topological polar surface area (TPSA) is 89.9 Å². The van der Waals surface area contributed by atoms with E-state index in [1.165, 1.54) is 29.2 Å². The monoisotopic (exact) mass is 410 g/mol. The molecule has 0 bridgehead atoms. The minimum absolute atomic E-state index is 0.167. The third-order valence-electron chi connectivity index (χ3n) is 4.81. The minimum atomic E-state index is -4.76. The van der Waals surface area contributed by atoms with Crippen LogP contribution in [0.2, 0.25) is 0 Å². The second-order valence-corrected chi connectivity index (χ2v) is 6.73. The number of benzene rings is 1. The van der Waals surface area contributed by atoms with Crippen LogP contribution in [0.15, 0.2) is 35.1 Å². The molecule has 1 atom stereocenters. The number of amides is 1. The van der Waals surface area contributed by atoms with E-state index in [4.69, 9.17) is 4.52 Å². The van der Waals surface area contributed by atoms with Gasteiger partial charge >= 0.3 is 6.18 Å². The zero-order valence-electron chi connectivity index (χ0n) is 15.0. The number of hydrogen-bond acceptors (Lipinski definition) is 6. The predicted octanol–water partition coefficient (Wildman–Crippen LogP) is 2.35. The normalized spacial score (nSPS) is 19.7. The van der Waals surface area contributed by atoms with E-state index in [0.29, 0.717) is 0 Å². The lowest BCUT2D eigenvalue weighted by Gasteiger charge is -2.27. The second-order valence-electron chi connectivity index (χ2n) is 6.73. The fourth-order valence-electron chi connectivity index (χ4n) is 3.25. The number of halogens is 4. The van der Waals surface area contributed by atoms with Crippen LogP contribution in [0.25, 0.3) is 11.4 Å². The van der Waals surface area contributed by atoms with Crippen molar-refractivity contribution in [3.63, 3.8) is 0 Å². The molecular weight excluding hydrogens is 396 g/mol. The summed E-state index contributed by atoms with van der Waals surface area (Å²) in [6, 6.07) is 5.12. The van der Waals surface area contributed by atoms with Crippen LogP contribution in [0.3, 0.4) is 0 Å². The van der Waals surface area contributed by atoms with Crippen molar-refractivity contribution < 1.29 is 26.9 Å². The Labute approximate surface area is 161 Å². The number of aromatic nitrogens is 5. The molecule has 0 saturated carbocycles. The predicted molar refractivity (Wildman–Crippen MR) is 88.9 cm³/mol. The minimum Gasteiger partial charge on any atom is -0.338 e. The SMILES string of the molecule is Cn1cnc(C(=O)N2CCC(c3nc(-c4cccc(F)c4)no3)(C(F)(F)F)C2)n1. The van der Waals surface area contributed by atoms with Gasteiger partial charge < -0.3 is 9.42 Å². The summed E-state index contributed by atoms with van der Waals surface area (Å²) in [7, 11) is 1.54. The van der Waals surface area contributed by atoms with Crippen molar-refractivity contribution in [2.24, 2.45) is 7.05 Å². The van der Waals surface area contributed by atoms with Crippen LogP contribution in [0.4, 0.5) is 17.6 Å². The first-order valence-electron chi connectivity index (χ1n) is 8.51. The Morgan fingerprint density at radius 1 is 1.31 bits per heavy atom. The van der Waals surface area contributed by atoms with E-state index in [2.05, 4.69) is 20.2 Å². The van der Waals surface area contributed by atoms with Gasteiger partial charge in [-0.15, -0.1) is 5.10 Å². The number of alkyl halides is 3. The summed E-state index contributed by atoms with van der Waals surface area (Å²) in [6.45, 7) is -0.896. The molecule has 12 heteroatoms. The summed E-state index contributed by atoms with van der Waals surface area (Å²) in [5.41, 5.74) is -2.35. The van der Waals surface area contributed by atoms with Crippen LogP contribution in [-0.2, 0) is 12.5 Å². The first-order valence-corrected chi connectivity index (χ1v) is 8.51. The highest BCUT2D eigenvalue weighted by molar-refractivity contribution is 5.90. The highest BCUT2D eigenvalue weighted by atomic mass is 19.4. The first-order chi connectivity index (χ1) is 13.7. The Kier molecular flexibility index (Phi) is 4.35. The average molecular weight is 410 g/mol. The summed E-state index contributed by atoms with van der Waals surface area (Å²) in [5.74, 6) is -2.34. The third-order valence-corrected chi connectivity index (χ3v) is 4.81. The molecular formula is C17H14F4N6O2. The molecule has 1 aromatic carbocycles. The fourth-order valence-corrected chi connectivity index (χ4v) is 3.25. The van der Waals surface area contributed by atoms with Crippen LogP contribution in [-0.4, -0.2) is 55.0 Å². The van der Waals surface area contributed by atoms with E-state index in [0.717, 1.165) is 11.0 Å². The largest absolute Gasteiger partial charge is 0.405 e. The molecule has 0 N–H and O–H groups in total. The molecule has 152 valence electrons. The number of carbonyl (C=O) groups excluding carboxylic acids is 1. The Morgan fingerprint density at radius 2 is 2.10 bits per heavy atom. The lowest BCUT2D eigenvalue weighted by Crippen LogP contribution is -2.46. The molecule has 1 saturated heterocycles. The summed E-state index contributed by atoms with van der Waals surface area (Å²) in [4.78, 5) is 21.2. The second kappa shape index (κ2) is 6.64. The first kappa shape index (κ1) is 19.0. The lowest BCUT2D eigenvalue weighted by atomic mass is 9.86. The van der Waals surface area contributed by atoms with Gasteiger partial charge in [0.05, 0.1) is 0 Å². The number of aryl methyl sites for hydroxylation is 1. The standard InChI is InChI=1S/C17H14F4N6O2/c1-26-9-22-13(24-26)14(28)27-6-5-16(8-27,17(19,20)21)15-23-12(25-29-15)10-3-2-4-11(18)7-10/h2-4,7,9H,5-6,8H2,1H3. The Bertz CT molecular complexity index is 1060. The van der Waals surface area contributed by atoms with Crippen LogP contribution in [0, 0.1) is 5.82 Å². The van der Waals surface area contributed by atoms with Crippen LogP contribution in [0.5, 0.6) is 0 Å². The summed E-state index contributed by atoms with van der Waals surface area (Å²) >= 11 is 0. The average Bonchev–Trinajstić information content (AvgIpc) is 3.40. The number of nitrogens with zero attached hydrogens (tertiary/aromatic N) is 6. The summed E-state index contributed by atoms with van der Waals surface area (Å²) in [6.07, 6.45) is -3.94. The molecule has 1 aliphatic heterocycles. The van der Waals surface area contributed by atoms with Crippen molar-refractivity contribution in [1.82, 2.24) is 29.8 Å². The molecule has 4 rings (SSSR count). The summed E-state index contributed by atoms with van der Waals surface area (Å²) < 4.78 is 61.8. The van der Waals surface area contributed by atoms with Crippen molar-refractivity contribution in [1.29, 1.82) is 0 Å². The zero-order chi connectivity index (χ0) is 20.8. The quantitative estimate of drug-likeness (QED) is 0.616. The van der Waals surface area contributed by atoms with Gasteiger partial charge in [0.2, 0.25) is 17.5 Å². The van der Waals surface area contributed by atoms with Gasteiger partial charge in [0.25, 0.3) is 5.91 Å². The summed E-state index contributed by atoms with van der Waals surface area (Å²) in [5, 5.41) is 7.41. The van der Waals surface area contributed by atoms with Crippen LogP contribution < -0.4 is 0 Å². The van der Waals surface area contributed by atoms with Gasteiger partial charge in [-0.1, -0.05) is 17.3 Å². The van der Waals surface area contributed by atoms with Gasteiger partial charge in [0.15, 0.2) is 5.41 Å². The van der Waals surface area contributed by atoms with Gasteiger partial charge in [0, 0.05) is 25.7 Å². The molecule has 1 fully saturated rings. The van der Waals surface area contributed by atoms with Crippen molar-refractivity contribution in [2.75, 3.05) is 13.1 Å². The van der Waals surface area contributed by atoms with Gasteiger partial charge in [-0.25, -0.2) is 9.37 Å². The van der Waals surface area contributed by atoms with Crippen LogP contribution in [0.1, 0.15) is 22.9 Å². The maximum atomic E-state index is 14.1. The zero-order valence-corrected chi connectivity index (χ0v) is 15.0. The van der Waals surface area contributed by atoms with E-state index in [-0.39, 0.29) is 23.8 Å². The molecule has 8 nitrogen and oxygen atoms in total. The lowest BCUT2D eigenvalue weighted by molar-refractivity contribution is -0.193. The molecule has 1 aliphatic rings. The van der Waals surface area contributed by atoms with Gasteiger partial charge in [-0.05, 0) is 18.6 Å². The maximum Gasteiger partial charge on any atom is 0.405 e. The molecule has 1 unspecified atom stereocenters. The van der Waals surface area contributed by atoms with Crippen molar-refractivity contribution in [2.45, 2.75) is 18.0 Å². The molecule has 0 aliphatic carbocycles. The highest BCUT2D eigenvalue weighted by Gasteiger charge is 2.63. The van der Waals surface area contributed by atoms with Gasteiger partial charge in [0.1, 0.15) is 12.1 Å². The van der Waals surface area contributed by atoms with Crippen molar-refractivity contribution in [3.8, 4) is 11.4 Å².